The predicted octanol–water partition coefficient (Wildman–Crippen LogP) is 1.75. The Hall–Kier alpha value is -1.29. The number of amides is 1. The van der Waals surface area contributed by atoms with Crippen LogP contribution in [0.15, 0.2) is 28.6 Å². The maximum absolute atomic E-state index is 11.4. The first-order valence-corrected chi connectivity index (χ1v) is 4.16. The lowest BCUT2D eigenvalue weighted by atomic mass is 10.2. The molecule has 0 N–H and O–H groups in total. The van der Waals surface area contributed by atoms with Crippen molar-refractivity contribution in [1.82, 2.24) is 4.90 Å². The summed E-state index contributed by atoms with van der Waals surface area (Å²) in [7, 11) is 3.43. The van der Waals surface area contributed by atoms with Gasteiger partial charge in [-0.2, -0.15) is 4.36 Å². The van der Waals surface area contributed by atoms with E-state index in [9.17, 15) is 4.79 Å². The summed E-state index contributed by atoms with van der Waals surface area (Å²) in [6, 6.07) is 6.88. The van der Waals surface area contributed by atoms with E-state index in [1.54, 1.807) is 38.4 Å². The number of hydrogen-bond donors (Lipinski definition) is 0. The van der Waals surface area contributed by atoms with Crippen LogP contribution in [0.1, 0.15) is 10.4 Å². The second-order valence-electron chi connectivity index (χ2n) is 2.84. The van der Waals surface area contributed by atoms with Crippen molar-refractivity contribution < 1.29 is 4.79 Å². The van der Waals surface area contributed by atoms with E-state index < -0.39 is 0 Å². The van der Waals surface area contributed by atoms with E-state index >= 15 is 0 Å². The van der Waals surface area contributed by atoms with Gasteiger partial charge in [-0.3, -0.25) is 4.79 Å². The molecule has 0 radical (unpaired) electrons. The Morgan fingerprint density at radius 3 is 2.23 bits per heavy atom. The molecule has 0 bridgehead atoms. The van der Waals surface area contributed by atoms with Gasteiger partial charge in [-0.25, -0.2) is 0 Å². The predicted molar refractivity (Wildman–Crippen MR) is 53.9 cm³/mol. The van der Waals surface area contributed by atoms with Gasteiger partial charge < -0.3 is 4.90 Å². The van der Waals surface area contributed by atoms with Crippen LogP contribution in [0.5, 0.6) is 0 Å². The average Bonchev–Trinajstić information content (AvgIpc) is 2.17. The molecule has 0 aliphatic heterocycles. The Bertz CT molecular complexity index is 319. The molecule has 0 fully saturated rings. The number of nitrogens with zero attached hydrogens (tertiary/aromatic N) is 2. The molecule has 1 aromatic carbocycles. The molecule has 0 saturated carbocycles. The monoisotopic (exact) mass is 194 g/mol. The lowest BCUT2D eigenvalue weighted by Crippen LogP contribution is -2.21. The standard InChI is InChI=1S/C9H10N2OS/c1-11(2)9(12)7-3-5-8(10-13)6-4-7/h3-6H,1-2H3. The van der Waals surface area contributed by atoms with E-state index in [1.807, 2.05) is 0 Å². The molecular formula is C9H10N2OS. The summed E-state index contributed by atoms with van der Waals surface area (Å²) < 4.78 is 3.57. The summed E-state index contributed by atoms with van der Waals surface area (Å²) in [5.74, 6) is -0.0177. The van der Waals surface area contributed by atoms with E-state index in [0.717, 1.165) is 0 Å². The summed E-state index contributed by atoms with van der Waals surface area (Å²) in [5.41, 5.74) is 1.35. The highest BCUT2D eigenvalue weighted by atomic mass is 32.1. The van der Waals surface area contributed by atoms with Gasteiger partial charge in [0.1, 0.15) is 0 Å². The van der Waals surface area contributed by atoms with Gasteiger partial charge in [0.25, 0.3) is 5.91 Å². The minimum absolute atomic E-state index is 0.0177. The van der Waals surface area contributed by atoms with Crippen molar-refractivity contribution in [2.45, 2.75) is 0 Å². The SMILES string of the molecule is CN(C)C(=O)c1ccc(N=S)cc1. The van der Waals surface area contributed by atoms with Crippen LogP contribution in [0.3, 0.4) is 0 Å². The van der Waals surface area contributed by atoms with E-state index in [-0.39, 0.29) is 5.91 Å². The van der Waals surface area contributed by atoms with Crippen LogP contribution < -0.4 is 0 Å². The summed E-state index contributed by atoms with van der Waals surface area (Å²) in [5, 5.41) is 0. The van der Waals surface area contributed by atoms with Crippen molar-refractivity contribution in [3.8, 4) is 0 Å². The van der Waals surface area contributed by atoms with Crippen molar-refractivity contribution >= 4 is 24.0 Å². The molecular weight excluding hydrogens is 184 g/mol. The van der Waals surface area contributed by atoms with E-state index in [0.29, 0.717) is 11.3 Å². The number of rotatable bonds is 2. The van der Waals surface area contributed by atoms with Crippen molar-refractivity contribution in [1.29, 1.82) is 0 Å². The van der Waals surface area contributed by atoms with Crippen LogP contribution in [0.2, 0.25) is 0 Å². The zero-order valence-corrected chi connectivity index (χ0v) is 8.34. The third-order valence-electron chi connectivity index (χ3n) is 1.63. The third-order valence-corrected chi connectivity index (χ3v) is 1.84. The molecule has 1 aromatic rings. The second kappa shape index (κ2) is 4.09. The largest absolute Gasteiger partial charge is 0.345 e. The highest BCUT2D eigenvalue weighted by Crippen LogP contribution is 2.12. The van der Waals surface area contributed by atoms with Gasteiger partial charge in [-0.05, 0) is 24.3 Å². The molecule has 0 saturated heterocycles. The van der Waals surface area contributed by atoms with Crippen LogP contribution in [-0.2, 0) is 12.4 Å². The first kappa shape index (κ1) is 9.80. The normalized spacial score (nSPS) is 9.38. The highest BCUT2D eigenvalue weighted by Gasteiger charge is 2.06. The van der Waals surface area contributed by atoms with Gasteiger partial charge in [-0.1, -0.05) is 0 Å². The first-order valence-electron chi connectivity index (χ1n) is 3.80. The maximum atomic E-state index is 11.4. The Labute approximate surface area is 82.5 Å². The molecule has 0 heterocycles. The molecule has 0 atom stereocenters. The number of benzene rings is 1. The summed E-state index contributed by atoms with van der Waals surface area (Å²) >= 11 is 4.51. The fourth-order valence-electron chi connectivity index (χ4n) is 0.923. The molecule has 3 nitrogen and oxygen atoms in total. The number of hydrogen-bond acceptors (Lipinski definition) is 3. The minimum atomic E-state index is -0.0177. The molecule has 0 aliphatic rings. The number of carbonyl (C=O) groups is 1. The molecule has 68 valence electrons. The van der Waals surface area contributed by atoms with Gasteiger partial charge in [0.2, 0.25) is 0 Å². The summed E-state index contributed by atoms with van der Waals surface area (Å²) in [6.45, 7) is 0. The molecule has 1 amide bonds. The van der Waals surface area contributed by atoms with Crippen LogP contribution in [0.25, 0.3) is 0 Å². The number of carbonyl (C=O) groups excluding carboxylic acids is 1. The highest BCUT2D eigenvalue weighted by molar-refractivity contribution is 7.47. The smallest absolute Gasteiger partial charge is 0.253 e. The Morgan fingerprint density at radius 2 is 1.85 bits per heavy atom. The van der Waals surface area contributed by atoms with Crippen LogP contribution >= 0.6 is 0 Å². The average molecular weight is 194 g/mol. The lowest BCUT2D eigenvalue weighted by Gasteiger charge is -2.09. The van der Waals surface area contributed by atoms with Crippen molar-refractivity contribution in [3.63, 3.8) is 0 Å². The van der Waals surface area contributed by atoms with Gasteiger partial charge in [0.05, 0.1) is 5.69 Å². The summed E-state index contributed by atoms with van der Waals surface area (Å²) in [6.07, 6.45) is 0. The van der Waals surface area contributed by atoms with Gasteiger partial charge in [-0.15, -0.1) is 0 Å². The maximum Gasteiger partial charge on any atom is 0.253 e. The molecule has 4 heteroatoms. The fraction of sp³-hybridized carbons (Fsp3) is 0.222. The fourth-order valence-corrected chi connectivity index (χ4v) is 1.04. The van der Waals surface area contributed by atoms with Crippen molar-refractivity contribution in [3.05, 3.63) is 29.8 Å². The Kier molecular flexibility index (Phi) is 3.08. The lowest BCUT2D eigenvalue weighted by molar-refractivity contribution is 0.0827. The van der Waals surface area contributed by atoms with E-state index in [1.165, 1.54) is 4.90 Å². The van der Waals surface area contributed by atoms with E-state index in [2.05, 4.69) is 16.8 Å². The Balaban J connectivity index is 2.92. The van der Waals surface area contributed by atoms with Crippen LogP contribution in [0.4, 0.5) is 5.69 Å². The van der Waals surface area contributed by atoms with Crippen molar-refractivity contribution in [2.75, 3.05) is 14.1 Å². The topological polar surface area (TPSA) is 32.7 Å². The molecule has 0 spiro atoms. The quantitative estimate of drug-likeness (QED) is 0.718. The van der Waals surface area contributed by atoms with Gasteiger partial charge in [0, 0.05) is 32.1 Å². The van der Waals surface area contributed by atoms with Crippen molar-refractivity contribution in [2.24, 2.45) is 4.36 Å². The van der Waals surface area contributed by atoms with Gasteiger partial charge >= 0.3 is 0 Å². The molecule has 0 aliphatic carbocycles. The summed E-state index contributed by atoms with van der Waals surface area (Å²) in [4.78, 5) is 12.9. The van der Waals surface area contributed by atoms with Crippen LogP contribution in [0, 0.1) is 0 Å². The van der Waals surface area contributed by atoms with Crippen LogP contribution in [-0.4, -0.2) is 24.9 Å². The Morgan fingerprint density at radius 1 is 1.31 bits per heavy atom. The molecule has 13 heavy (non-hydrogen) atoms. The second-order valence-corrected chi connectivity index (χ2v) is 3.02. The third kappa shape index (κ3) is 2.32. The van der Waals surface area contributed by atoms with Gasteiger partial charge in [0.15, 0.2) is 0 Å². The van der Waals surface area contributed by atoms with E-state index in [4.69, 9.17) is 0 Å². The zero-order chi connectivity index (χ0) is 9.84. The molecule has 0 unspecified atom stereocenters. The minimum Gasteiger partial charge on any atom is -0.345 e. The zero-order valence-electron chi connectivity index (χ0n) is 7.52. The molecule has 0 aromatic heterocycles. The first-order chi connectivity index (χ1) is 6.15. The molecule has 1 rings (SSSR count).